The SMILES string of the molecule is CN(C)C(=O)[C@H]1CCCCC1Nc1nc(-c2c[nH]c3ncc(Cl)cc23)ncc1F. The summed E-state index contributed by atoms with van der Waals surface area (Å²) in [6, 6.07) is 1.60. The Morgan fingerprint density at radius 2 is 2.07 bits per heavy atom. The number of hydrogen-bond acceptors (Lipinski definition) is 5. The molecule has 0 saturated heterocycles. The van der Waals surface area contributed by atoms with Crippen LogP contribution < -0.4 is 5.32 Å². The van der Waals surface area contributed by atoms with E-state index in [9.17, 15) is 9.18 Å². The number of carbonyl (C=O) groups excluding carboxylic acids is 1. The van der Waals surface area contributed by atoms with Gasteiger partial charge in [0.2, 0.25) is 5.91 Å². The molecule has 1 unspecified atom stereocenters. The summed E-state index contributed by atoms with van der Waals surface area (Å²) in [7, 11) is 3.49. The van der Waals surface area contributed by atoms with Crippen LogP contribution in [0.15, 0.2) is 24.7 Å². The van der Waals surface area contributed by atoms with Crippen LogP contribution in [0.25, 0.3) is 22.4 Å². The molecule has 3 aromatic heterocycles. The minimum Gasteiger partial charge on any atom is -0.364 e. The number of pyridine rings is 1. The minimum atomic E-state index is -0.550. The van der Waals surface area contributed by atoms with E-state index in [2.05, 4.69) is 25.3 Å². The predicted octanol–water partition coefficient (Wildman–Crippen LogP) is 3.87. The number of halogens is 2. The van der Waals surface area contributed by atoms with Crippen LogP contribution in [0.2, 0.25) is 5.02 Å². The monoisotopic (exact) mass is 416 g/mol. The number of H-pyrrole nitrogens is 1. The number of amides is 1. The Bertz CT molecular complexity index is 1050. The highest BCUT2D eigenvalue weighted by atomic mass is 35.5. The number of aromatic nitrogens is 4. The zero-order valence-corrected chi connectivity index (χ0v) is 17.0. The fourth-order valence-electron chi connectivity index (χ4n) is 3.87. The van der Waals surface area contributed by atoms with Gasteiger partial charge in [0.05, 0.1) is 17.1 Å². The van der Waals surface area contributed by atoms with Crippen LogP contribution in [-0.4, -0.2) is 50.9 Å². The van der Waals surface area contributed by atoms with Crippen molar-refractivity contribution in [2.75, 3.05) is 19.4 Å². The first kappa shape index (κ1) is 19.6. The molecule has 1 saturated carbocycles. The summed E-state index contributed by atoms with van der Waals surface area (Å²) in [4.78, 5) is 30.0. The van der Waals surface area contributed by atoms with Gasteiger partial charge in [0.1, 0.15) is 5.65 Å². The molecule has 4 rings (SSSR count). The second kappa shape index (κ2) is 7.94. The van der Waals surface area contributed by atoms with Gasteiger partial charge >= 0.3 is 0 Å². The van der Waals surface area contributed by atoms with Crippen LogP contribution in [0, 0.1) is 11.7 Å². The number of fused-ring (bicyclic) bond motifs is 1. The van der Waals surface area contributed by atoms with Crippen LogP contribution in [-0.2, 0) is 4.79 Å². The molecule has 1 amide bonds. The molecule has 0 bridgehead atoms. The lowest BCUT2D eigenvalue weighted by Crippen LogP contribution is -2.42. The van der Waals surface area contributed by atoms with Crippen LogP contribution in [0.5, 0.6) is 0 Å². The number of carbonyl (C=O) groups is 1. The maximum Gasteiger partial charge on any atom is 0.227 e. The largest absolute Gasteiger partial charge is 0.364 e. The number of anilines is 1. The lowest BCUT2D eigenvalue weighted by atomic mass is 9.83. The fraction of sp³-hybridized carbons (Fsp3) is 0.400. The van der Waals surface area contributed by atoms with Crippen LogP contribution in [0.3, 0.4) is 0 Å². The van der Waals surface area contributed by atoms with E-state index in [4.69, 9.17) is 11.6 Å². The smallest absolute Gasteiger partial charge is 0.227 e. The zero-order valence-electron chi connectivity index (χ0n) is 16.2. The second-order valence-electron chi connectivity index (χ2n) is 7.52. The highest BCUT2D eigenvalue weighted by Crippen LogP contribution is 2.31. The highest BCUT2D eigenvalue weighted by Gasteiger charge is 2.32. The molecular weight excluding hydrogens is 395 g/mol. The van der Waals surface area contributed by atoms with E-state index in [0.717, 1.165) is 37.3 Å². The lowest BCUT2D eigenvalue weighted by molar-refractivity contribution is -0.134. The topological polar surface area (TPSA) is 86.8 Å². The average molecular weight is 417 g/mol. The molecule has 2 atom stereocenters. The number of rotatable bonds is 4. The van der Waals surface area contributed by atoms with E-state index in [1.165, 1.54) is 0 Å². The first-order valence-corrected chi connectivity index (χ1v) is 9.95. The maximum atomic E-state index is 14.5. The number of aromatic amines is 1. The summed E-state index contributed by atoms with van der Waals surface area (Å²) in [5.41, 5.74) is 1.33. The molecule has 0 aromatic carbocycles. The van der Waals surface area contributed by atoms with Gasteiger partial charge in [-0.05, 0) is 18.9 Å². The Labute approximate surface area is 172 Å². The summed E-state index contributed by atoms with van der Waals surface area (Å²) in [5, 5.41) is 4.42. The molecule has 9 heteroatoms. The van der Waals surface area contributed by atoms with Crippen molar-refractivity contribution < 1.29 is 9.18 Å². The van der Waals surface area contributed by atoms with E-state index in [1.807, 2.05) is 0 Å². The van der Waals surface area contributed by atoms with Crippen LogP contribution in [0.1, 0.15) is 25.7 Å². The molecule has 2 N–H and O–H groups in total. The molecule has 0 radical (unpaired) electrons. The Kier molecular flexibility index (Phi) is 5.36. The van der Waals surface area contributed by atoms with E-state index in [0.29, 0.717) is 22.1 Å². The van der Waals surface area contributed by atoms with Crippen molar-refractivity contribution in [1.82, 2.24) is 24.8 Å². The quantitative estimate of drug-likeness (QED) is 0.674. The number of hydrogen-bond donors (Lipinski definition) is 2. The normalized spacial score (nSPS) is 19.3. The van der Waals surface area contributed by atoms with Gasteiger partial charge in [-0.2, -0.15) is 0 Å². The average Bonchev–Trinajstić information content (AvgIpc) is 3.12. The molecule has 1 aliphatic rings. The highest BCUT2D eigenvalue weighted by molar-refractivity contribution is 6.31. The zero-order chi connectivity index (χ0) is 20.5. The third-order valence-electron chi connectivity index (χ3n) is 5.33. The van der Waals surface area contributed by atoms with E-state index in [1.54, 1.807) is 37.5 Å². The fourth-order valence-corrected chi connectivity index (χ4v) is 4.03. The third kappa shape index (κ3) is 3.89. The minimum absolute atomic E-state index is 0.0502. The van der Waals surface area contributed by atoms with Crippen LogP contribution >= 0.6 is 11.6 Å². The van der Waals surface area contributed by atoms with E-state index >= 15 is 0 Å². The Morgan fingerprint density at radius 3 is 2.86 bits per heavy atom. The summed E-state index contributed by atoms with van der Waals surface area (Å²) >= 11 is 6.07. The van der Waals surface area contributed by atoms with Crippen molar-refractivity contribution in [3.8, 4) is 11.4 Å². The predicted molar refractivity (Wildman–Crippen MR) is 110 cm³/mol. The van der Waals surface area contributed by atoms with Gasteiger partial charge in [0.25, 0.3) is 0 Å². The van der Waals surface area contributed by atoms with Crippen molar-refractivity contribution in [1.29, 1.82) is 0 Å². The Hall–Kier alpha value is -2.74. The van der Waals surface area contributed by atoms with Gasteiger partial charge < -0.3 is 15.2 Å². The van der Waals surface area contributed by atoms with E-state index in [-0.39, 0.29) is 23.7 Å². The molecule has 152 valence electrons. The first-order chi connectivity index (χ1) is 13.9. The summed E-state index contributed by atoms with van der Waals surface area (Å²) in [6.45, 7) is 0. The molecule has 1 aliphatic carbocycles. The molecule has 1 fully saturated rings. The van der Waals surface area contributed by atoms with Crippen molar-refractivity contribution in [3.63, 3.8) is 0 Å². The van der Waals surface area contributed by atoms with Gasteiger partial charge in [-0.1, -0.05) is 24.4 Å². The first-order valence-electron chi connectivity index (χ1n) is 9.57. The summed E-state index contributed by atoms with van der Waals surface area (Å²) in [6.07, 6.45) is 7.96. The van der Waals surface area contributed by atoms with Crippen LogP contribution in [0.4, 0.5) is 10.2 Å². The Morgan fingerprint density at radius 1 is 1.28 bits per heavy atom. The van der Waals surface area contributed by atoms with Gasteiger partial charge in [-0.15, -0.1) is 0 Å². The molecule has 0 aliphatic heterocycles. The number of nitrogens with zero attached hydrogens (tertiary/aromatic N) is 4. The Balaban J connectivity index is 1.66. The molecule has 29 heavy (non-hydrogen) atoms. The standard InChI is InChI=1S/C20H22ClFN6O/c1-28(2)20(29)12-5-3-4-6-16(12)26-19-15(22)10-25-18(27-19)14-9-24-17-13(14)7-11(21)8-23-17/h7-10,12,16H,3-6H2,1-2H3,(H,23,24)(H,25,26,27)/t12-,16?/m0/s1. The molecule has 7 nitrogen and oxygen atoms in total. The summed E-state index contributed by atoms with van der Waals surface area (Å²) in [5.74, 6) is -0.244. The third-order valence-corrected chi connectivity index (χ3v) is 5.54. The second-order valence-corrected chi connectivity index (χ2v) is 7.95. The number of nitrogens with one attached hydrogen (secondary N) is 2. The van der Waals surface area contributed by atoms with Crippen molar-refractivity contribution in [2.24, 2.45) is 5.92 Å². The van der Waals surface area contributed by atoms with E-state index < -0.39 is 5.82 Å². The van der Waals surface area contributed by atoms with Gasteiger partial charge in [0, 0.05) is 43.5 Å². The lowest BCUT2D eigenvalue weighted by Gasteiger charge is -2.33. The van der Waals surface area contributed by atoms with Gasteiger partial charge in [-0.25, -0.2) is 19.3 Å². The van der Waals surface area contributed by atoms with Gasteiger partial charge in [-0.3, -0.25) is 4.79 Å². The van der Waals surface area contributed by atoms with Crippen molar-refractivity contribution in [2.45, 2.75) is 31.7 Å². The van der Waals surface area contributed by atoms with Crippen molar-refractivity contribution >= 4 is 34.4 Å². The maximum absolute atomic E-state index is 14.5. The molecular formula is C20H22ClFN6O. The summed E-state index contributed by atoms with van der Waals surface area (Å²) < 4.78 is 14.5. The molecule has 3 heterocycles. The molecule has 3 aromatic rings. The van der Waals surface area contributed by atoms with Crippen molar-refractivity contribution in [3.05, 3.63) is 35.5 Å². The van der Waals surface area contributed by atoms with Gasteiger partial charge in [0.15, 0.2) is 17.5 Å². The molecule has 0 spiro atoms.